The molecular formula is C24H30N2O4. The summed E-state index contributed by atoms with van der Waals surface area (Å²) in [5.74, 6) is 1.02. The summed E-state index contributed by atoms with van der Waals surface area (Å²) in [5.41, 5.74) is 2.45. The lowest BCUT2D eigenvalue weighted by Gasteiger charge is -2.14. The van der Waals surface area contributed by atoms with E-state index >= 15 is 0 Å². The van der Waals surface area contributed by atoms with E-state index in [0.29, 0.717) is 30.4 Å². The Labute approximate surface area is 178 Å². The maximum Gasteiger partial charge on any atom is 0.244 e. The second-order valence-electron chi connectivity index (χ2n) is 6.86. The Morgan fingerprint density at radius 1 is 1.07 bits per heavy atom. The van der Waals surface area contributed by atoms with E-state index in [1.807, 2.05) is 63.2 Å². The smallest absolute Gasteiger partial charge is 0.244 e. The number of nitrogens with one attached hydrogen (secondary N) is 2. The van der Waals surface area contributed by atoms with Gasteiger partial charge in [0, 0.05) is 18.7 Å². The van der Waals surface area contributed by atoms with Crippen molar-refractivity contribution < 1.29 is 19.1 Å². The summed E-state index contributed by atoms with van der Waals surface area (Å²) < 4.78 is 11.4. The van der Waals surface area contributed by atoms with Crippen LogP contribution in [0.3, 0.4) is 0 Å². The molecule has 0 aromatic heterocycles. The highest BCUT2D eigenvalue weighted by molar-refractivity contribution is 5.92. The maximum absolute atomic E-state index is 12.4. The summed E-state index contributed by atoms with van der Waals surface area (Å²) >= 11 is 0. The molecule has 0 fully saturated rings. The Bertz CT molecular complexity index is 893. The minimum absolute atomic E-state index is 0.135. The first kappa shape index (κ1) is 23.0. The first-order valence-corrected chi connectivity index (χ1v) is 10.2. The molecule has 2 aromatic rings. The van der Waals surface area contributed by atoms with Gasteiger partial charge in [0.1, 0.15) is 0 Å². The Balaban J connectivity index is 2.03. The molecule has 2 aromatic carbocycles. The standard InChI is InChI=1S/C24H30N2O4/c1-5-14-30-22-12-10-19(15-23(22)29-6-2)11-13-24(28)25-17(3)20-8-7-9-21(16-20)26-18(4)27/h7-13,15-17H,5-6,14H2,1-4H3,(H,25,28)(H,26,27)/b13-11+. The van der Waals surface area contributed by atoms with Crippen LogP contribution in [0.4, 0.5) is 5.69 Å². The van der Waals surface area contributed by atoms with Crippen LogP contribution in [0.15, 0.2) is 48.5 Å². The largest absolute Gasteiger partial charge is 0.490 e. The van der Waals surface area contributed by atoms with Crippen molar-refractivity contribution in [2.75, 3.05) is 18.5 Å². The predicted octanol–water partition coefficient (Wildman–Crippen LogP) is 4.72. The third-order valence-corrected chi connectivity index (χ3v) is 4.22. The van der Waals surface area contributed by atoms with Gasteiger partial charge in [0.2, 0.25) is 11.8 Å². The van der Waals surface area contributed by atoms with Gasteiger partial charge in [-0.1, -0.05) is 25.1 Å². The number of amides is 2. The van der Waals surface area contributed by atoms with Gasteiger partial charge in [-0.2, -0.15) is 0 Å². The first-order valence-electron chi connectivity index (χ1n) is 10.2. The van der Waals surface area contributed by atoms with Crippen molar-refractivity contribution in [2.24, 2.45) is 0 Å². The maximum atomic E-state index is 12.4. The van der Waals surface area contributed by atoms with Gasteiger partial charge in [0.15, 0.2) is 11.5 Å². The quantitative estimate of drug-likeness (QED) is 0.556. The number of anilines is 1. The van der Waals surface area contributed by atoms with Gasteiger partial charge in [0.05, 0.1) is 19.3 Å². The van der Waals surface area contributed by atoms with Gasteiger partial charge in [-0.25, -0.2) is 0 Å². The summed E-state index contributed by atoms with van der Waals surface area (Å²) in [7, 11) is 0. The fourth-order valence-corrected chi connectivity index (χ4v) is 2.83. The molecule has 0 bridgehead atoms. The van der Waals surface area contributed by atoms with Gasteiger partial charge < -0.3 is 20.1 Å². The molecule has 1 atom stereocenters. The molecule has 0 saturated heterocycles. The van der Waals surface area contributed by atoms with E-state index in [4.69, 9.17) is 9.47 Å². The third kappa shape index (κ3) is 7.28. The fourth-order valence-electron chi connectivity index (χ4n) is 2.83. The minimum Gasteiger partial charge on any atom is -0.490 e. The van der Waals surface area contributed by atoms with Crippen LogP contribution in [0.5, 0.6) is 11.5 Å². The molecular weight excluding hydrogens is 380 g/mol. The van der Waals surface area contributed by atoms with Crippen LogP contribution < -0.4 is 20.1 Å². The molecule has 0 spiro atoms. The van der Waals surface area contributed by atoms with Gasteiger partial charge in [-0.15, -0.1) is 0 Å². The van der Waals surface area contributed by atoms with E-state index in [0.717, 1.165) is 17.5 Å². The lowest BCUT2D eigenvalue weighted by molar-refractivity contribution is -0.117. The highest BCUT2D eigenvalue weighted by Gasteiger charge is 2.09. The SMILES string of the molecule is CCCOc1ccc(/C=C/C(=O)NC(C)c2cccc(NC(C)=O)c2)cc1OCC. The molecule has 160 valence electrons. The molecule has 0 aliphatic carbocycles. The fraction of sp³-hybridized carbons (Fsp3) is 0.333. The minimum atomic E-state index is -0.211. The third-order valence-electron chi connectivity index (χ3n) is 4.22. The zero-order chi connectivity index (χ0) is 21.9. The van der Waals surface area contributed by atoms with Crippen molar-refractivity contribution in [2.45, 2.75) is 40.2 Å². The van der Waals surface area contributed by atoms with Crippen LogP contribution in [0.2, 0.25) is 0 Å². The average molecular weight is 411 g/mol. The number of ether oxygens (including phenoxy) is 2. The van der Waals surface area contributed by atoms with Crippen LogP contribution >= 0.6 is 0 Å². The van der Waals surface area contributed by atoms with E-state index in [9.17, 15) is 9.59 Å². The second kappa shape index (κ2) is 11.7. The number of hydrogen-bond donors (Lipinski definition) is 2. The lowest BCUT2D eigenvalue weighted by Crippen LogP contribution is -2.24. The van der Waals surface area contributed by atoms with Crippen molar-refractivity contribution in [3.63, 3.8) is 0 Å². The van der Waals surface area contributed by atoms with E-state index in [1.165, 1.54) is 13.0 Å². The molecule has 0 heterocycles. The molecule has 30 heavy (non-hydrogen) atoms. The van der Waals surface area contributed by atoms with Gasteiger partial charge in [-0.05, 0) is 61.7 Å². The molecule has 1 unspecified atom stereocenters. The van der Waals surface area contributed by atoms with E-state index in [-0.39, 0.29) is 17.9 Å². The summed E-state index contributed by atoms with van der Waals surface area (Å²) in [6.45, 7) is 8.48. The topological polar surface area (TPSA) is 76.7 Å². The summed E-state index contributed by atoms with van der Waals surface area (Å²) in [5, 5.41) is 5.68. The van der Waals surface area contributed by atoms with Crippen molar-refractivity contribution in [3.05, 3.63) is 59.7 Å². The second-order valence-corrected chi connectivity index (χ2v) is 6.86. The van der Waals surface area contributed by atoms with Crippen LogP contribution in [0, 0.1) is 0 Å². The summed E-state index contributed by atoms with van der Waals surface area (Å²) in [6.07, 6.45) is 4.15. The Kier molecular flexibility index (Phi) is 8.94. The van der Waals surface area contributed by atoms with Crippen LogP contribution in [0.1, 0.15) is 51.3 Å². The lowest BCUT2D eigenvalue weighted by atomic mass is 10.1. The van der Waals surface area contributed by atoms with Gasteiger partial charge >= 0.3 is 0 Å². The predicted molar refractivity (Wildman–Crippen MR) is 120 cm³/mol. The molecule has 6 nitrogen and oxygen atoms in total. The monoisotopic (exact) mass is 410 g/mol. The molecule has 2 amide bonds. The Hall–Kier alpha value is -3.28. The zero-order valence-corrected chi connectivity index (χ0v) is 18.0. The van der Waals surface area contributed by atoms with Crippen LogP contribution in [-0.2, 0) is 9.59 Å². The number of hydrogen-bond acceptors (Lipinski definition) is 4. The van der Waals surface area contributed by atoms with E-state index < -0.39 is 0 Å². The van der Waals surface area contributed by atoms with Crippen molar-refractivity contribution in [1.82, 2.24) is 5.32 Å². The number of benzene rings is 2. The number of carbonyl (C=O) groups is 2. The zero-order valence-electron chi connectivity index (χ0n) is 18.0. The molecule has 6 heteroatoms. The molecule has 0 aliphatic rings. The summed E-state index contributed by atoms with van der Waals surface area (Å²) in [6, 6.07) is 12.8. The average Bonchev–Trinajstić information content (AvgIpc) is 2.71. The highest BCUT2D eigenvalue weighted by atomic mass is 16.5. The van der Waals surface area contributed by atoms with Crippen molar-refractivity contribution in [1.29, 1.82) is 0 Å². The molecule has 2 rings (SSSR count). The highest BCUT2D eigenvalue weighted by Crippen LogP contribution is 2.29. The Morgan fingerprint density at radius 2 is 1.87 bits per heavy atom. The van der Waals surface area contributed by atoms with Crippen molar-refractivity contribution >= 4 is 23.6 Å². The summed E-state index contributed by atoms with van der Waals surface area (Å²) in [4.78, 5) is 23.6. The molecule has 0 saturated carbocycles. The van der Waals surface area contributed by atoms with Gasteiger partial charge in [0.25, 0.3) is 0 Å². The van der Waals surface area contributed by atoms with Crippen LogP contribution in [0.25, 0.3) is 6.08 Å². The normalized spacial score (nSPS) is 11.7. The number of carbonyl (C=O) groups excluding carboxylic acids is 2. The molecule has 0 aliphatic heterocycles. The van der Waals surface area contributed by atoms with Crippen LogP contribution in [-0.4, -0.2) is 25.0 Å². The van der Waals surface area contributed by atoms with E-state index in [1.54, 1.807) is 6.08 Å². The molecule has 2 N–H and O–H groups in total. The van der Waals surface area contributed by atoms with E-state index in [2.05, 4.69) is 10.6 Å². The van der Waals surface area contributed by atoms with Crippen molar-refractivity contribution in [3.8, 4) is 11.5 Å². The molecule has 0 radical (unpaired) electrons. The number of rotatable bonds is 10. The first-order chi connectivity index (χ1) is 14.4. The van der Waals surface area contributed by atoms with Gasteiger partial charge in [-0.3, -0.25) is 9.59 Å². The Morgan fingerprint density at radius 3 is 2.57 bits per heavy atom.